The molecule has 2 aromatic rings. The van der Waals surface area contributed by atoms with Crippen molar-refractivity contribution in [3.63, 3.8) is 0 Å². The molecule has 0 spiro atoms. The molecule has 6 nitrogen and oxygen atoms in total. The van der Waals surface area contributed by atoms with E-state index in [0.717, 1.165) is 0 Å². The van der Waals surface area contributed by atoms with Crippen molar-refractivity contribution in [2.45, 2.75) is 37.6 Å². The average molecular weight is 375 g/mol. The minimum atomic E-state index is -3.45. The summed E-state index contributed by atoms with van der Waals surface area (Å²) in [5.41, 5.74) is 1.29. The monoisotopic (exact) mass is 375 g/mol. The third kappa shape index (κ3) is 3.31. The summed E-state index contributed by atoms with van der Waals surface area (Å²) in [5, 5.41) is 9.26. The number of benzene rings is 1. The van der Waals surface area contributed by atoms with Gasteiger partial charge in [-0.3, -0.25) is 9.59 Å². The van der Waals surface area contributed by atoms with Gasteiger partial charge in [-0.05, 0) is 36.6 Å². The van der Waals surface area contributed by atoms with Crippen LogP contribution in [0.5, 0.6) is 0 Å². The molecule has 0 radical (unpaired) electrons. The lowest BCUT2D eigenvalue weighted by molar-refractivity contribution is -0.138. The molecule has 7 heteroatoms. The second kappa shape index (κ2) is 6.72. The van der Waals surface area contributed by atoms with Crippen LogP contribution in [-0.2, 0) is 21.2 Å². The van der Waals surface area contributed by atoms with Gasteiger partial charge in [0.05, 0.1) is 22.3 Å². The molecule has 0 fully saturated rings. The van der Waals surface area contributed by atoms with E-state index in [1.54, 1.807) is 28.8 Å². The first-order valence-corrected chi connectivity index (χ1v) is 10.2. The smallest absolute Gasteiger partial charge is 0.312 e. The van der Waals surface area contributed by atoms with Gasteiger partial charge in [-0.15, -0.1) is 0 Å². The van der Waals surface area contributed by atoms with E-state index in [-0.39, 0.29) is 27.9 Å². The highest BCUT2D eigenvalue weighted by Gasteiger charge is 2.31. The SMILES string of the molecule is CC(C)CS(=O)(=O)c1cccc(C(=O)c2ccc3n2CCC3C(=O)O)c1. The Balaban J connectivity index is 1.95. The van der Waals surface area contributed by atoms with E-state index in [2.05, 4.69) is 0 Å². The molecule has 3 rings (SSSR count). The molecule has 138 valence electrons. The number of aromatic nitrogens is 1. The van der Waals surface area contributed by atoms with Crippen molar-refractivity contribution in [3.05, 3.63) is 53.3 Å². The van der Waals surface area contributed by atoms with Crippen LogP contribution < -0.4 is 0 Å². The number of carboxylic acid groups (broad SMARTS) is 1. The molecule has 0 bridgehead atoms. The molecular formula is C19H21NO5S. The zero-order valence-electron chi connectivity index (χ0n) is 14.7. The zero-order chi connectivity index (χ0) is 19.1. The van der Waals surface area contributed by atoms with E-state index < -0.39 is 21.7 Å². The molecule has 26 heavy (non-hydrogen) atoms. The quantitative estimate of drug-likeness (QED) is 0.784. The van der Waals surface area contributed by atoms with Crippen LogP contribution in [0.2, 0.25) is 0 Å². The summed E-state index contributed by atoms with van der Waals surface area (Å²) in [7, 11) is -3.45. The highest BCUT2D eigenvalue weighted by molar-refractivity contribution is 7.91. The van der Waals surface area contributed by atoms with Crippen molar-refractivity contribution in [2.24, 2.45) is 5.92 Å². The first-order valence-electron chi connectivity index (χ1n) is 8.50. The van der Waals surface area contributed by atoms with Crippen molar-refractivity contribution >= 4 is 21.6 Å². The van der Waals surface area contributed by atoms with Gasteiger partial charge in [0.1, 0.15) is 0 Å². The summed E-state index contributed by atoms with van der Waals surface area (Å²) in [4.78, 5) is 24.3. The van der Waals surface area contributed by atoms with Crippen molar-refractivity contribution < 1.29 is 23.1 Å². The van der Waals surface area contributed by atoms with E-state index >= 15 is 0 Å². The van der Waals surface area contributed by atoms with E-state index in [1.807, 2.05) is 13.8 Å². The highest BCUT2D eigenvalue weighted by atomic mass is 32.2. The molecule has 1 atom stereocenters. The topological polar surface area (TPSA) is 93.4 Å². The second-order valence-electron chi connectivity index (χ2n) is 7.01. The first kappa shape index (κ1) is 18.4. The molecule has 1 N–H and O–H groups in total. The Labute approximate surface area is 152 Å². The van der Waals surface area contributed by atoms with Crippen LogP contribution in [0.3, 0.4) is 0 Å². The predicted octanol–water partition coefficient (Wildman–Crippen LogP) is 2.72. The van der Waals surface area contributed by atoms with Gasteiger partial charge in [0.15, 0.2) is 9.84 Å². The van der Waals surface area contributed by atoms with Crippen molar-refractivity contribution in [3.8, 4) is 0 Å². The lowest BCUT2D eigenvalue weighted by atomic mass is 10.1. The van der Waals surface area contributed by atoms with Gasteiger partial charge in [-0.25, -0.2) is 8.42 Å². The number of rotatable bonds is 6. The lowest BCUT2D eigenvalue weighted by Crippen LogP contribution is -2.14. The number of carbonyl (C=O) groups excluding carboxylic acids is 1. The summed E-state index contributed by atoms with van der Waals surface area (Å²) in [6, 6.07) is 9.33. The lowest BCUT2D eigenvalue weighted by Gasteiger charge is -2.09. The summed E-state index contributed by atoms with van der Waals surface area (Å²) < 4.78 is 26.6. The Bertz CT molecular complexity index is 972. The molecule has 0 amide bonds. The van der Waals surface area contributed by atoms with Gasteiger partial charge in [-0.1, -0.05) is 26.0 Å². The fraction of sp³-hybridized carbons (Fsp3) is 0.368. The van der Waals surface area contributed by atoms with Crippen LogP contribution in [0.1, 0.15) is 47.9 Å². The van der Waals surface area contributed by atoms with Crippen LogP contribution in [0.4, 0.5) is 0 Å². The number of nitrogens with zero attached hydrogens (tertiary/aromatic N) is 1. The molecule has 0 saturated heterocycles. The second-order valence-corrected chi connectivity index (χ2v) is 9.04. The minimum Gasteiger partial charge on any atom is -0.481 e. The molecule has 1 aromatic heterocycles. The molecule has 1 unspecified atom stereocenters. The standard InChI is InChI=1S/C19H21NO5S/c1-12(2)11-26(24,25)14-5-3-4-13(10-14)18(21)17-7-6-16-15(19(22)23)8-9-20(16)17/h3-7,10,12,15H,8-9,11H2,1-2H3,(H,22,23). The summed E-state index contributed by atoms with van der Waals surface area (Å²) >= 11 is 0. The molecule has 0 saturated carbocycles. The zero-order valence-corrected chi connectivity index (χ0v) is 15.5. The van der Waals surface area contributed by atoms with E-state index in [9.17, 15) is 23.1 Å². The van der Waals surface area contributed by atoms with Crippen molar-refractivity contribution in [1.82, 2.24) is 4.57 Å². The average Bonchev–Trinajstić information content (AvgIpc) is 3.14. The molecule has 0 aliphatic carbocycles. The third-order valence-corrected chi connectivity index (χ3v) is 6.63. The summed E-state index contributed by atoms with van der Waals surface area (Å²) in [6.07, 6.45) is 0.453. The fourth-order valence-corrected chi connectivity index (χ4v) is 5.07. The third-order valence-electron chi connectivity index (χ3n) is 4.55. The van der Waals surface area contributed by atoms with E-state index in [1.165, 1.54) is 12.1 Å². The number of carboxylic acids is 1. The minimum absolute atomic E-state index is 0.0128. The van der Waals surface area contributed by atoms with Gasteiger partial charge in [0.25, 0.3) is 0 Å². The van der Waals surface area contributed by atoms with Crippen molar-refractivity contribution in [1.29, 1.82) is 0 Å². The van der Waals surface area contributed by atoms with Crippen molar-refractivity contribution in [2.75, 3.05) is 5.75 Å². The van der Waals surface area contributed by atoms with E-state index in [4.69, 9.17) is 0 Å². The number of ketones is 1. The Morgan fingerprint density at radius 3 is 2.62 bits per heavy atom. The Morgan fingerprint density at radius 2 is 1.96 bits per heavy atom. The number of aliphatic carboxylic acids is 1. The maximum Gasteiger partial charge on any atom is 0.312 e. The van der Waals surface area contributed by atoms with E-state index in [0.29, 0.717) is 24.4 Å². The molecular weight excluding hydrogens is 354 g/mol. The number of hydrogen-bond acceptors (Lipinski definition) is 4. The largest absolute Gasteiger partial charge is 0.481 e. The van der Waals surface area contributed by atoms with Gasteiger partial charge in [0.2, 0.25) is 5.78 Å². The number of hydrogen-bond donors (Lipinski definition) is 1. The number of sulfone groups is 1. The number of fused-ring (bicyclic) bond motifs is 1. The normalized spacial score (nSPS) is 16.7. The van der Waals surface area contributed by atoms with Crippen LogP contribution in [0.25, 0.3) is 0 Å². The Hall–Kier alpha value is -2.41. The maximum absolute atomic E-state index is 12.9. The summed E-state index contributed by atoms with van der Waals surface area (Å²) in [5.74, 6) is -1.80. The fourth-order valence-electron chi connectivity index (χ4n) is 3.41. The predicted molar refractivity (Wildman–Crippen MR) is 96.2 cm³/mol. The number of carbonyl (C=O) groups is 2. The van der Waals surface area contributed by atoms with Gasteiger partial charge in [0, 0.05) is 17.8 Å². The molecule has 1 aliphatic rings. The first-order chi connectivity index (χ1) is 12.2. The molecule has 1 aliphatic heterocycles. The maximum atomic E-state index is 12.9. The van der Waals surface area contributed by atoms with Gasteiger partial charge >= 0.3 is 5.97 Å². The Morgan fingerprint density at radius 1 is 1.23 bits per heavy atom. The highest BCUT2D eigenvalue weighted by Crippen LogP contribution is 2.31. The van der Waals surface area contributed by atoms with Crippen LogP contribution in [-0.4, -0.2) is 35.6 Å². The summed E-state index contributed by atoms with van der Waals surface area (Å²) in [6.45, 7) is 4.12. The molecule has 1 aromatic carbocycles. The van der Waals surface area contributed by atoms with Gasteiger partial charge in [-0.2, -0.15) is 0 Å². The van der Waals surface area contributed by atoms with Gasteiger partial charge < -0.3 is 9.67 Å². The molecule has 2 heterocycles. The van der Waals surface area contributed by atoms with Crippen LogP contribution in [0.15, 0.2) is 41.3 Å². The van der Waals surface area contributed by atoms with Crippen LogP contribution in [0, 0.1) is 5.92 Å². The van der Waals surface area contributed by atoms with Crippen LogP contribution >= 0.6 is 0 Å². The Kier molecular flexibility index (Phi) is 4.75.